The number of nitrogens with one attached hydrogen (secondary N) is 2. The molecule has 0 bridgehead atoms. The summed E-state index contributed by atoms with van der Waals surface area (Å²) < 4.78 is 0. The van der Waals surface area contributed by atoms with E-state index in [1.807, 2.05) is 12.1 Å². The highest BCUT2D eigenvalue weighted by molar-refractivity contribution is 6.06. The van der Waals surface area contributed by atoms with E-state index in [0.717, 1.165) is 16.7 Å². The molecule has 3 aromatic rings. The molecule has 0 aliphatic carbocycles. The maximum atomic E-state index is 13.0. The van der Waals surface area contributed by atoms with Gasteiger partial charge in [-0.05, 0) is 41.3 Å². The van der Waals surface area contributed by atoms with Crippen LogP contribution in [0.15, 0.2) is 47.5 Å². The summed E-state index contributed by atoms with van der Waals surface area (Å²) in [6, 6.07) is 10.2. The SMILES string of the molecule is O=C1CCC(N2Cc3c(cccc3-c3ccc4nc[nH]c(=O)c4c3)C2=O)C(=O)N1. The molecule has 0 radical (unpaired) electrons. The van der Waals surface area contributed by atoms with E-state index in [0.29, 0.717) is 22.9 Å². The molecule has 3 amide bonds. The molecule has 3 heterocycles. The van der Waals surface area contributed by atoms with Crippen LogP contribution in [0.25, 0.3) is 22.0 Å². The topological polar surface area (TPSA) is 112 Å². The molecule has 0 spiro atoms. The van der Waals surface area contributed by atoms with Crippen LogP contribution >= 0.6 is 0 Å². The van der Waals surface area contributed by atoms with Crippen molar-refractivity contribution in [3.8, 4) is 11.1 Å². The zero-order chi connectivity index (χ0) is 20.1. The quantitative estimate of drug-likeness (QED) is 0.644. The number of carbonyl (C=O) groups excluding carboxylic acids is 3. The summed E-state index contributed by atoms with van der Waals surface area (Å²) in [6.07, 6.45) is 1.89. The van der Waals surface area contributed by atoms with E-state index in [9.17, 15) is 19.2 Å². The van der Waals surface area contributed by atoms with Crippen LogP contribution in [-0.2, 0) is 16.1 Å². The van der Waals surface area contributed by atoms with Crippen molar-refractivity contribution in [3.05, 3.63) is 64.2 Å². The molecule has 2 aliphatic rings. The number of piperidine rings is 1. The number of rotatable bonds is 2. The molecule has 144 valence electrons. The van der Waals surface area contributed by atoms with Crippen LogP contribution < -0.4 is 10.9 Å². The zero-order valence-electron chi connectivity index (χ0n) is 15.3. The normalized spacial score (nSPS) is 18.8. The smallest absolute Gasteiger partial charge is 0.258 e. The average molecular weight is 388 g/mol. The largest absolute Gasteiger partial charge is 0.322 e. The fourth-order valence-electron chi connectivity index (χ4n) is 4.09. The fraction of sp³-hybridized carbons (Fsp3) is 0.190. The van der Waals surface area contributed by atoms with Crippen molar-refractivity contribution >= 4 is 28.6 Å². The molecule has 2 aromatic carbocycles. The Morgan fingerprint density at radius 1 is 1.03 bits per heavy atom. The predicted molar refractivity (Wildman–Crippen MR) is 104 cm³/mol. The van der Waals surface area contributed by atoms with Crippen LogP contribution in [0.5, 0.6) is 0 Å². The standard InChI is InChI=1S/C21H16N4O4/c26-18-7-6-17(20(28)24-18)25-9-15-12(2-1-3-13(15)21(25)29)11-4-5-16-14(8-11)19(27)23-10-22-16/h1-5,8,10,17H,6-7,9H2,(H,22,23,27)(H,24,26,28). The number of H-pyrrole nitrogens is 1. The van der Waals surface area contributed by atoms with E-state index in [1.54, 1.807) is 24.3 Å². The Labute approximate surface area is 164 Å². The van der Waals surface area contributed by atoms with Crippen LogP contribution in [0.3, 0.4) is 0 Å². The van der Waals surface area contributed by atoms with Gasteiger partial charge in [-0.3, -0.25) is 24.5 Å². The maximum Gasteiger partial charge on any atom is 0.258 e. The van der Waals surface area contributed by atoms with Crippen LogP contribution in [0.4, 0.5) is 0 Å². The van der Waals surface area contributed by atoms with Gasteiger partial charge in [0.15, 0.2) is 0 Å². The van der Waals surface area contributed by atoms with Crippen molar-refractivity contribution in [1.82, 2.24) is 20.2 Å². The summed E-state index contributed by atoms with van der Waals surface area (Å²) in [5.74, 6) is -0.977. The van der Waals surface area contributed by atoms with E-state index in [1.165, 1.54) is 11.2 Å². The third-order valence-electron chi connectivity index (χ3n) is 5.53. The number of amides is 3. The second-order valence-electron chi connectivity index (χ2n) is 7.20. The lowest BCUT2D eigenvalue weighted by Gasteiger charge is -2.29. The molecule has 29 heavy (non-hydrogen) atoms. The number of benzene rings is 2. The Kier molecular flexibility index (Phi) is 3.80. The number of hydrogen-bond acceptors (Lipinski definition) is 5. The van der Waals surface area contributed by atoms with E-state index in [-0.39, 0.29) is 30.3 Å². The Bertz CT molecular complexity index is 1260. The van der Waals surface area contributed by atoms with Gasteiger partial charge < -0.3 is 9.88 Å². The lowest BCUT2D eigenvalue weighted by molar-refractivity contribution is -0.136. The minimum absolute atomic E-state index is 0.212. The molecule has 1 saturated heterocycles. The van der Waals surface area contributed by atoms with Gasteiger partial charge in [0, 0.05) is 18.5 Å². The summed E-state index contributed by atoms with van der Waals surface area (Å²) >= 11 is 0. The number of aromatic nitrogens is 2. The van der Waals surface area contributed by atoms with Gasteiger partial charge in [-0.25, -0.2) is 4.98 Å². The third-order valence-corrected chi connectivity index (χ3v) is 5.53. The van der Waals surface area contributed by atoms with Gasteiger partial charge in [0.1, 0.15) is 6.04 Å². The number of imide groups is 1. The van der Waals surface area contributed by atoms with Crippen molar-refractivity contribution in [1.29, 1.82) is 0 Å². The molecule has 1 unspecified atom stereocenters. The van der Waals surface area contributed by atoms with E-state index < -0.39 is 11.9 Å². The molecule has 8 heteroatoms. The van der Waals surface area contributed by atoms with Crippen molar-refractivity contribution in [2.75, 3.05) is 0 Å². The Balaban J connectivity index is 1.57. The van der Waals surface area contributed by atoms with Gasteiger partial charge in [-0.1, -0.05) is 18.2 Å². The molecule has 2 aliphatic heterocycles. The predicted octanol–water partition coefficient (Wildman–Crippen LogP) is 1.35. The zero-order valence-corrected chi connectivity index (χ0v) is 15.3. The van der Waals surface area contributed by atoms with E-state index >= 15 is 0 Å². The van der Waals surface area contributed by atoms with Crippen LogP contribution in [0.1, 0.15) is 28.8 Å². The Hall–Kier alpha value is -3.81. The molecule has 5 rings (SSSR count). The first-order valence-corrected chi connectivity index (χ1v) is 9.27. The Morgan fingerprint density at radius 2 is 1.86 bits per heavy atom. The second-order valence-corrected chi connectivity index (χ2v) is 7.20. The number of carbonyl (C=O) groups is 3. The van der Waals surface area contributed by atoms with Gasteiger partial charge in [-0.15, -0.1) is 0 Å². The first-order chi connectivity index (χ1) is 14.0. The molecular formula is C21H16N4O4. The van der Waals surface area contributed by atoms with Gasteiger partial charge in [0.05, 0.1) is 17.2 Å². The highest BCUT2D eigenvalue weighted by Gasteiger charge is 2.39. The number of aromatic amines is 1. The molecule has 1 fully saturated rings. The maximum absolute atomic E-state index is 13.0. The lowest BCUT2D eigenvalue weighted by atomic mass is 9.96. The monoisotopic (exact) mass is 388 g/mol. The highest BCUT2D eigenvalue weighted by Crippen LogP contribution is 2.35. The van der Waals surface area contributed by atoms with E-state index in [2.05, 4.69) is 15.3 Å². The summed E-state index contributed by atoms with van der Waals surface area (Å²) in [5.41, 5.74) is 3.33. The molecular weight excluding hydrogens is 372 g/mol. The first-order valence-electron chi connectivity index (χ1n) is 9.27. The second kappa shape index (κ2) is 6.37. The van der Waals surface area contributed by atoms with Gasteiger partial charge >= 0.3 is 0 Å². The Morgan fingerprint density at radius 3 is 2.69 bits per heavy atom. The van der Waals surface area contributed by atoms with Crippen LogP contribution in [0.2, 0.25) is 0 Å². The van der Waals surface area contributed by atoms with Gasteiger partial charge in [-0.2, -0.15) is 0 Å². The summed E-state index contributed by atoms with van der Waals surface area (Å²) in [5, 5.41) is 2.78. The molecule has 8 nitrogen and oxygen atoms in total. The number of fused-ring (bicyclic) bond motifs is 2. The van der Waals surface area contributed by atoms with Gasteiger partial charge in [0.2, 0.25) is 11.8 Å². The summed E-state index contributed by atoms with van der Waals surface area (Å²) in [6.45, 7) is 0.276. The van der Waals surface area contributed by atoms with E-state index in [4.69, 9.17) is 0 Å². The van der Waals surface area contributed by atoms with Crippen LogP contribution in [-0.4, -0.2) is 38.6 Å². The molecule has 1 atom stereocenters. The summed E-state index contributed by atoms with van der Waals surface area (Å²) in [7, 11) is 0. The van der Waals surface area contributed by atoms with Gasteiger partial charge in [0.25, 0.3) is 11.5 Å². The fourth-order valence-corrected chi connectivity index (χ4v) is 4.09. The minimum atomic E-state index is -0.663. The number of hydrogen-bond donors (Lipinski definition) is 2. The van der Waals surface area contributed by atoms with Crippen molar-refractivity contribution in [3.63, 3.8) is 0 Å². The first kappa shape index (κ1) is 17.3. The van der Waals surface area contributed by atoms with Crippen LogP contribution in [0, 0.1) is 0 Å². The molecule has 2 N–H and O–H groups in total. The summed E-state index contributed by atoms with van der Waals surface area (Å²) in [4.78, 5) is 57.1. The highest BCUT2D eigenvalue weighted by atomic mass is 16.2. The average Bonchev–Trinajstić information content (AvgIpc) is 3.05. The minimum Gasteiger partial charge on any atom is -0.322 e. The molecule has 1 aromatic heterocycles. The third kappa shape index (κ3) is 2.72. The number of nitrogens with zero attached hydrogens (tertiary/aromatic N) is 2. The van der Waals surface area contributed by atoms with Crippen molar-refractivity contribution in [2.24, 2.45) is 0 Å². The van der Waals surface area contributed by atoms with Crippen molar-refractivity contribution in [2.45, 2.75) is 25.4 Å². The molecule has 0 saturated carbocycles. The lowest BCUT2D eigenvalue weighted by Crippen LogP contribution is -2.52. The van der Waals surface area contributed by atoms with Crippen molar-refractivity contribution < 1.29 is 14.4 Å².